The van der Waals surface area contributed by atoms with E-state index in [1.807, 2.05) is 6.08 Å². The van der Waals surface area contributed by atoms with Crippen LogP contribution in [0.5, 0.6) is 0 Å². The van der Waals surface area contributed by atoms with Crippen LogP contribution in [-0.4, -0.2) is 0 Å². The maximum absolute atomic E-state index is 14.8. The Kier molecular flexibility index (Phi) is 6.77. The molecule has 2 aromatic carbocycles. The molecule has 3 heteroatoms. The van der Waals surface area contributed by atoms with Gasteiger partial charge in [-0.15, -0.1) is 6.58 Å². The van der Waals surface area contributed by atoms with E-state index in [4.69, 9.17) is 0 Å². The average Bonchev–Trinajstić information content (AvgIpc) is 2.70. The molecule has 0 spiro atoms. The molecule has 1 saturated carbocycles. The van der Waals surface area contributed by atoms with Gasteiger partial charge in [0.25, 0.3) is 0 Å². The van der Waals surface area contributed by atoms with Gasteiger partial charge < -0.3 is 0 Å². The van der Waals surface area contributed by atoms with Gasteiger partial charge in [0.15, 0.2) is 11.6 Å². The normalized spacial score (nSPS) is 19.9. The first-order chi connectivity index (χ1) is 13.5. The fraction of sp³-hybridized carbons (Fsp3) is 0.360. The van der Waals surface area contributed by atoms with Gasteiger partial charge >= 0.3 is 0 Å². The summed E-state index contributed by atoms with van der Waals surface area (Å²) in [7, 11) is 0. The van der Waals surface area contributed by atoms with Gasteiger partial charge in [-0.3, -0.25) is 0 Å². The van der Waals surface area contributed by atoms with Crippen LogP contribution in [0.25, 0.3) is 11.1 Å². The van der Waals surface area contributed by atoms with E-state index in [1.54, 1.807) is 12.1 Å². The average molecular weight is 384 g/mol. The summed E-state index contributed by atoms with van der Waals surface area (Å²) in [6, 6.07) is 7.80. The van der Waals surface area contributed by atoms with Gasteiger partial charge in [-0.05, 0) is 80.0 Å². The third-order valence-corrected chi connectivity index (χ3v) is 5.74. The Bertz CT molecular complexity index is 858. The highest BCUT2D eigenvalue weighted by atomic mass is 19.2. The van der Waals surface area contributed by atoms with Crippen molar-refractivity contribution in [2.75, 3.05) is 0 Å². The summed E-state index contributed by atoms with van der Waals surface area (Å²) < 4.78 is 42.8. The van der Waals surface area contributed by atoms with Crippen molar-refractivity contribution in [2.45, 2.75) is 51.4 Å². The first-order valence-electron chi connectivity index (χ1n) is 10.0. The molecular formula is C25H27F3. The first-order valence-corrected chi connectivity index (χ1v) is 10.0. The van der Waals surface area contributed by atoms with E-state index in [1.165, 1.54) is 25.1 Å². The van der Waals surface area contributed by atoms with Crippen molar-refractivity contribution in [3.8, 4) is 11.1 Å². The summed E-state index contributed by atoms with van der Waals surface area (Å²) in [5.41, 5.74) is 1.40. The largest absolute Gasteiger partial charge is 0.207 e. The van der Waals surface area contributed by atoms with E-state index in [9.17, 15) is 13.2 Å². The molecule has 148 valence electrons. The molecule has 0 N–H and O–H groups in total. The summed E-state index contributed by atoms with van der Waals surface area (Å²) in [5.74, 6) is -1.38. The number of aryl methyl sites for hydroxylation is 1. The summed E-state index contributed by atoms with van der Waals surface area (Å²) in [4.78, 5) is 0. The molecule has 0 amide bonds. The van der Waals surface area contributed by atoms with Crippen LogP contribution in [0.2, 0.25) is 0 Å². The maximum Gasteiger partial charge on any atom is 0.166 e. The number of halogens is 3. The zero-order valence-electron chi connectivity index (χ0n) is 16.4. The van der Waals surface area contributed by atoms with Gasteiger partial charge in [0.1, 0.15) is 5.82 Å². The zero-order valence-corrected chi connectivity index (χ0v) is 16.4. The molecule has 28 heavy (non-hydrogen) atoms. The van der Waals surface area contributed by atoms with E-state index < -0.39 is 11.6 Å². The van der Waals surface area contributed by atoms with Crippen LogP contribution in [0.15, 0.2) is 55.1 Å². The summed E-state index contributed by atoms with van der Waals surface area (Å²) in [6.45, 7) is 5.24. The smallest absolute Gasteiger partial charge is 0.166 e. The van der Waals surface area contributed by atoms with Crippen molar-refractivity contribution >= 4 is 0 Å². The van der Waals surface area contributed by atoms with Gasteiger partial charge in [0.05, 0.1) is 0 Å². The highest BCUT2D eigenvalue weighted by Gasteiger charge is 2.23. The topological polar surface area (TPSA) is 0 Å². The van der Waals surface area contributed by atoms with E-state index in [0.29, 0.717) is 17.0 Å². The molecule has 0 aromatic heterocycles. The molecule has 0 heterocycles. The highest BCUT2D eigenvalue weighted by Crippen LogP contribution is 2.38. The Morgan fingerprint density at radius 1 is 0.964 bits per heavy atom. The minimum Gasteiger partial charge on any atom is -0.207 e. The molecule has 3 rings (SSSR count). The molecule has 1 aliphatic carbocycles. The molecule has 2 aromatic rings. The Labute approximate surface area is 165 Å². The predicted molar refractivity (Wildman–Crippen MR) is 110 cm³/mol. The van der Waals surface area contributed by atoms with Crippen molar-refractivity contribution in [1.82, 2.24) is 0 Å². The summed E-state index contributed by atoms with van der Waals surface area (Å²) >= 11 is 0. The third kappa shape index (κ3) is 4.57. The predicted octanol–water partition coefficient (Wildman–Crippen LogP) is 7.88. The Morgan fingerprint density at radius 3 is 2.39 bits per heavy atom. The monoisotopic (exact) mass is 384 g/mol. The third-order valence-electron chi connectivity index (χ3n) is 5.74. The van der Waals surface area contributed by atoms with Gasteiger partial charge in [-0.1, -0.05) is 42.5 Å². The molecular weight excluding hydrogens is 357 g/mol. The van der Waals surface area contributed by atoms with Crippen LogP contribution in [-0.2, 0) is 0 Å². The van der Waals surface area contributed by atoms with E-state index in [2.05, 4.69) is 18.7 Å². The quantitative estimate of drug-likeness (QED) is 0.351. The lowest BCUT2D eigenvalue weighted by Crippen LogP contribution is -2.13. The number of hydrogen-bond acceptors (Lipinski definition) is 0. The van der Waals surface area contributed by atoms with Crippen molar-refractivity contribution in [1.29, 1.82) is 0 Å². The second-order valence-electron chi connectivity index (χ2n) is 7.70. The second-order valence-corrected chi connectivity index (χ2v) is 7.70. The molecule has 0 radical (unpaired) electrons. The SMILES string of the molecule is C=CCCC=CC1CCC(c2ccc(-c3ccc(C)c(F)c3F)cc2F)CC1. The molecule has 0 bridgehead atoms. The number of unbranched alkanes of at least 4 members (excludes halogenated alkanes) is 1. The maximum atomic E-state index is 14.8. The second kappa shape index (κ2) is 9.27. The number of allylic oxidation sites excluding steroid dienone is 3. The molecule has 0 aliphatic heterocycles. The lowest BCUT2D eigenvalue weighted by Gasteiger charge is -2.27. The molecule has 1 aliphatic rings. The zero-order chi connectivity index (χ0) is 20.1. The lowest BCUT2D eigenvalue weighted by atomic mass is 9.78. The molecule has 0 atom stereocenters. The van der Waals surface area contributed by atoms with Gasteiger partial charge in [-0.2, -0.15) is 0 Å². The van der Waals surface area contributed by atoms with Crippen molar-refractivity contribution in [2.24, 2.45) is 5.92 Å². The summed E-state index contributed by atoms with van der Waals surface area (Å²) in [6.07, 6.45) is 12.4. The summed E-state index contributed by atoms with van der Waals surface area (Å²) in [5, 5.41) is 0. The highest BCUT2D eigenvalue weighted by molar-refractivity contribution is 5.65. The van der Waals surface area contributed by atoms with Crippen LogP contribution >= 0.6 is 0 Å². The first kappa shape index (κ1) is 20.4. The van der Waals surface area contributed by atoms with Crippen molar-refractivity contribution < 1.29 is 13.2 Å². The Hall–Kier alpha value is -2.29. The Morgan fingerprint density at radius 2 is 1.71 bits per heavy atom. The fourth-order valence-electron chi connectivity index (χ4n) is 4.02. The minimum atomic E-state index is -0.920. The van der Waals surface area contributed by atoms with Crippen LogP contribution < -0.4 is 0 Å². The number of rotatable bonds is 6. The van der Waals surface area contributed by atoms with Crippen LogP contribution in [0, 0.1) is 30.3 Å². The standard InChI is InChI=1S/C25H27F3/c1-3-4-5-6-7-18-9-11-19(12-10-18)21-15-13-20(16-23(21)26)22-14-8-17(2)24(27)25(22)28/h3,6-8,13-16,18-19H,1,4-5,9-12H2,2H3. The van der Waals surface area contributed by atoms with Gasteiger partial charge in [0, 0.05) is 5.56 Å². The minimum absolute atomic E-state index is 0.0990. The molecule has 0 nitrogen and oxygen atoms in total. The number of benzene rings is 2. The van der Waals surface area contributed by atoms with Gasteiger partial charge in [0.2, 0.25) is 0 Å². The van der Waals surface area contributed by atoms with Crippen molar-refractivity contribution in [3.63, 3.8) is 0 Å². The van der Waals surface area contributed by atoms with E-state index >= 15 is 0 Å². The van der Waals surface area contributed by atoms with E-state index in [-0.39, 0.29) is 22.9 Å². The van der Waals surface area contributed by atoms with Crippen molar-refractivity contribution in [3.05, 3.63) is 83.7 Å². The van der Waals surface area contributed by atoms with E-state index in [0.717, 1.165) is 38.5 Å². The van der Waals surface area contributed by atoms with Crippen LogP contribution in [0.1, 0.15) is 55.6 Å². The van der Waals surface area contributed by atoms with Gasteiger partial charge in [-0.25, -0.2) is 13.2 Å². The molecule has 0 saturated heterocycles. The van der Waals surface area contributed by atoms with Crippen LogP contribution in [0.3, 0.4) is 0 Å². The number of hydrogen-bond donors (Lipinski definition) is 0. The van der Waals surface area contributed by atoms with Crippen LogP contribution in [0.4, 0.5) is 13.2 Å². The molecule has 0 unspecified atom stereocenters. The fourth-order valence-corrected chi connectivity index (χ4v) is 4.02. The Balaban J connectivity index is 1.70. The lowest BCUT2D eigenvalue weighted by molar-refractivity contribution is 0.368. The molecule has 1 fully saturated rings.